The van der Waals surface area contributed by atoms with Crippen molar-refractivity contribution in [3.63, 3.8) is 0 Å². The summed E-state index contributed by atoms with van der Waals surface area (Å²) < 4.78 is 5.76. The smallest absolute Gasteiger partial charge is 0.226 e. The third-order valence-corrected chi connectivity index (χ3v) is 4.77. The average molecular weight is 333 g/mol. The summed E-state index contributed by atoms with van der Waals surface area (Å²) in [5.41, 5.74) is 3.14. The van der Waals surface area contributed by atoms with Crippen molar-refractivity contribution in [1.82, 2.24) is 9.97 Å². The van der Waals surface area contributed by atoms with Crippen molar-refractivity contribution < 1.29 is 4.74 Å². The van der Waals surface area contributed by atoms with Crippen LogP contribution in [0.2, 0.25) is 0 Å². The number of benzene rings is 2. The van der Waals surface area contributed by atoms with E-state index < -0.39 is 0 Å². The second-order valence-corrected chi connectivity index (χ2v) is 6.40. The van der Waals surface area contributed by atoms with Gasteiger partial charge in [-0.3, -0.25) is 0 Å². The van der Waals surface area contributed by atoms with Crippen LogP contribution in [0.1, 0.15) is 19.8 Å². The lowest BCUT2D eigenvalue weighted by atomic mass is 10.1. The molecule has 1 saturated heterocycles. The molecule has 1 fully saturated rings. The Morgan fingerprint density at radius 2 is 1.68 bits per heavy atom. The predicted octanol–water partition coefficient (Wildman–Crippen LogP) is 4.30. The third-order valence-electron chi connectivity index (χ3n) is 4.77. The number of ether oxygens (including phenoxy) is 1. The fourth-order valence-electron chi connectivity index (χ4n) is 3.48. The number of hydrogen-bond acceptors (Lipinski definition) is 4. The lowest BCUT2D eigenvalue weighted by molar-refractivity contribution is 0.0457. The molecule has 0 aliphatic carbocycles. The van der Waals surface area contributed by atoms with Crippen LogP contribution < -0.4 is 4.90 Å². The molecule has 25 heavy (non-hydrogen) atoms. The van der Waals surface area contributed by atoms with E-state index in [1.54, 1.807) is 0 Å². The first-order chi connectivity index (χ1) is 12.3. The minimum absolute atomic E-state index is 0.371. The van der Waals surface area contributed by atoms with E-state index in [2.05, 4.69) is 48.2 Å². The number of rotatable bonds is 4. The van der Waals surface area contributed by atoms with Gasteiger partial charge in [0.05, 0.1) is 17.3 Å². The van der Waals surface area contributed by atoms with Gasteiger partial charge in [0.25, 0.3) is 0 Å². The minimum Gasteiger partial charge on any atom is -0.378 e. The monoisotopic (exact) mass is 333 g/mol. The van der Waals surface area contributed by atoms with Crippen molar-refractivity contribution in [2.24, 2.45) is 0 Å². The topological polar surface area (TPSA) is 38.2 Å². The highest BCUT2D eigenvalue weighted by molar-refractivity contribution is 5.93. The fourth-order valence-corrected chi connectivity index (χ4v) is 3.48. The molecule has 1 aliphatic heterocycles. The van der Waals surface area contributed by atoms with Crippen LogP contribution in [0.15, 0.2) is 54.6 Å². The highest BCUT2D eigenvalue weighted by Crippen LogP contribution is 2.29. The summed E-state index contributed by atoms with van der Waals surface area (Å²) in [5, 5.41) is 1.10. The molecule has 0 radical (unpaired) electrons. The molecular weight excluding hydrogens is 310 g/mol. The van der Waals surface area contributed by atoms with Gasteiger partial charge in [-0.2, -0.15) is 0 Å². The second-order valence-electron chi connectivity index (χ2n) is 6.40. The van der Waals surface area contributed by atoms with Crippen molar-refractivity contribution in [3.05, 3.63) is 54.6 Å². The molecule has 0 atom stereocenters. The second kappa shape index (κ2) is 7.19. The molecule has 0 bridgehead atoms. The highest BCUT2D eigenvalue weighted by Gasteiger charge is 2.22. The molecule has 128 valence electrons. The lowest BCUT2D eigenvalue weighted by Gasteiger charge is -2.32. The first-order valence-electron chi connectivity index (χ1n) is 9.04. The summed E-state index contributed by atoms with van der Waals surface area (Å²) in [6, 6.07) is 18.6. The lowest BCUT2D eigenvalue weighted by Crippen LogP contribution is -2.38. The van der Waals surface area contributed by atoms with E-state index in [1.165, 1.54) is 0 Å². The van der Waals surface area contributed by atoms with Gasteiger partial charge in [-0.15, -0.1) is 0 Å². The Labute approximate surface area is 148 Å². The molecule has 4 rings (SSSR count). The van der Waals surface area contributed by atoms with Gasteiger partial charge in [0.15, 0.2) is 0 Å². The molecule has 0 amide bonds. The molecule has 2 aromatic carbocycles. The normalized spacial score (nSPS) is 15.6. The molecule has 0 N–H and O–H groups in total. The third kappa shape index (κ3) is 3.35. The van der Waals surface area contributed by atoms with Crippen molar-refractivity contribution in [2.45, 2.75) is 25.9 Å². The Morgan fingerprint density at radius 1 is 0.960 bits per heavy atom. The summed E-state index contributed by atoms with van der Waals surface area (Å²) in [4.78, 5) is 12.1. The van der Waals surface area contributed by atoms with Gasteiger partial charge in [0, 0.05) is 30.6 Å². The van der Waals surface area contributed by atoms with Gasteiger partial charge >= 0.3 is 0 Å². The Bertz CT molecular complexity index is 842. The van der Waals surface area contributed by atoms with Gasteiger partial charge in [0.1, 0.15) is 0 Å². The largest absolute Gasteiger partial charge is 0.378 e. The maximum absolute atomic E-state index is 5.76. The van der Waals surface area contributed by atoms with Gasteiger partial charge in [-0.1, -0.05) is 48.5 Å². The van der Waals surface area contributed by atoms with Crippen LogP contribution in [-0.4, -0.2) is 35.8 Å². The Hall–Kier alpha value is -2.46. The zero-order chi connectivity index (χ0) is 17.1. The summed E-state index contributed by atoms with van der Waals surface area (Å²) in [6.45, 7) is 4.73. The molecule has 3 aromatic rings. The molecular formula is C21H23N3O. The van der Waals surface area contributed by atoms with Gasteiger partial charge in [0.2, 0.25) is 5.95 Å². The molecule has 0 spiro atoms. The standard InChI is InChI=1S/C21H23N3O/c1-2-25-17-12-14-24(15-13-17)21-22-19-11-7-6-10-18(19)20(23-21)16-8-4-3-5-9-16/h3-11,17H,2,12-15H2,1H3. The van der Waals surface area contributed by atoms with Gasteiger partial charge < -0.3 is 9.64 Å². The fraction of sp³-hybridized carbons (Fsp3) is 0.333. The van der Waals surface area contributed by atoms with Crippen LogP contribution in [-0.2, 0) is 4.74 Å². The SMILES string of the molecule is CCOC1CCN(c2nc(-c3ccccc3)c3ccccc3n2)CC1. The first-order valence-corrected chi connectivity index (χ1v) is 9.04. The van der Waals surface area contributed by atoms with E-state index in [-0.39, 0.29) is 0 Å². The van der Waals surface area contributed by atoms with Crippen molar-refractivity contribution in [3.8, 4) is 11.3 Å². The number of piperidine rings is 1. The Balaban J connectivity index is 1.71. The van der Waals surface area contributed by atoms with E-state index in [0.717, 1.165) is 60.6 Å². The molecule has 0 saturated carbocycles. The maximum Gasteiger partial charge on any atom is 0.226 e. The van der Waals surface area contributed by atoms with E-state index in [0.29, 0.717) is 6.10 Å². The number of hydrogen-bond donors (Lipinski definition) is 0. The summed E-state index contributed by atoms with van der Waals surface area (Å²) in [6.07, 6.45) is 2.44. The van der Waals surface area contributed by atoms with Crippen LogP contribution in [0, 0.1) is 0 Å². The van der Waals surface area contributed by atoms with Gasteiger partial charge in [-0.25, -0.2) is 9.97 Å². The Kier molecular flexibility index (Phi) is 4.61. The number of anilines is 1. The first kappa shape index (κ1) is 16.0. The van der Waals surface area contributed by atoms with Crippen LogP contribution in [0.5, 0.6) is 0 Å². The molecule has 4 heteroatoms. The molecule has 1 aliphatic rings. The minimum atomic E-state index is 0.371. The molecule has 0 unspecified atom stereocenters. The van der Waals surface area contributed by atoms with Crippen LogP contribution in [0.25, 0.3) is 22.2 Å². The van der Waals surface area contributed by atoms with Crippen LogP contribution >= 0.6 is 0 Å². The average Bonchev–Trinajstić information content (AvgIpc) is 2.69. The van der Waals surface area contributed by atoms with E-state index >= 15 is 0 Å². The van der Waals surface area contributed by atoms with Gasteiger partial charge in [-0.05, 0) is 25.8 Å². The number of nitrogens with zero attached hydrogens (tertiary/aromatic N) is 3. The zero-order valence-corrected chi connectivity index (χ0v) is 14.6. The molecule has 2 heterocycles. The quantitative estimate of drug-likeness (QED) is 0.713. The zero-order valence-electron chi connectivity index (χ0n) is 14.6. The summed E-state index contributed by atoms with van der Waals surface area (Å²) in [5.74, 6) is 0.826. The van der Waals surface area contributed by atoms with Crippen molar-refractivity contribution in [1.29, 1.82) is 0 Å². The highest BCUT2D eigenvalue weighted by atomic mass is 16.5. The predicted molar refractivity (Wildman–Crippen MR) is 102 cm³/mol. The van der Waals surface area contributed by atoms with Crippen LogP contribution in [0.4, 0.5) is 5.95 Å². The van der Waals surface area contributed by atoms with Crippen LogP contribution in [0.3, 0.4) is 0 Å². The summed E-state index contributed by atoms with van der Waals surface area (Å²) >= 11 is 0. The van der Waals surface area contributed by atoms with Crippen molar-refractivity contribution >= 4 is 16.9 Å². The van der Waals surface area contributed by atoms with E-state index in [4.69, 9.17) is 14.7 Å². The van der Waals surface area contributed by atoms with E-state index in [9.17, 15) is 0 Å². The van der Waals surface area contributed by atoms with E-state index in [1.807, 2.05) is 18.2 Å². The number of fused-ring (bicyclic) bond motifs is 1. The molecule has 1 aromatic heterocycles. The maximum atomic E-state index is 5.76. The van der Waals surface area contributed by atoms with Crippen molar-refractivity contribution in [2.75, 3.05) is 24.6 Å². The number of aromatic nitrogens is 2. The number of para-hydroxylation sites is 1. The Morgan fingerprint density at radius 3 is 2.44 bits per heavy atom. The summed E-state index contributed by atoms with van der Waals surface area (Å²) in [7, 11) is 0. The molecule has 4 nitrogen and oxygen atoms in total.